The highest BCUT2D eigenvalue weighted by Crippen LogP contribution is 2.38. The number of halogens is 2. The van der Waals surface area contributed by atoms with Gasteiger partial charge < -0.3 is 9.29 Å². The molecule has 4 rings (SSSR count). The molecule has 10 heteroatoms. The van der Waals surface area contributed by atoms with Crippen LogP contribution in [0, 0.1) is 11.6 Å². The standard InChI is InChI=1S/C26H26F2N2O4S2/c1-26(2,3)35(31)29-25(19-15-20(27)21(28)16-24(19)34-4)23-14-17-10-8-9-13-22(17)30(23)36(32,33)18-11-6-5-7-12-18/h5-16,25,29H,1-4H3/t25-,35?/m1/s1. The van der Waals surface area contributed by atoms with Crippen molar-refractivity contribution in [2.24, 2.45) is 0 Å². The molecule has 1 aromatic heterocycles. The predicted molar refractivity (Wildman–Crippen MR) is 137 cm³/mol. The first-order chi connectivity index (χ1) is 16.9. The van der Waals surface area contributed by atoms with E-state index in [1.165, 1.54) is 19.2 Å². The van der Waals surface area contributed by atoms with E-state index in [9.17, 15) is 21.8 Å². The minimum absolute atomic E-state index is 0.0220. The van der Waals surface area contributed by atoms with Crippen molar-refractivity contribution in [3.05, 3.63) is 95.7 Å². The Morgan fingerprint density at radius 2 is 1.58 bits per heavy atom. The molecule has 1 N–H and O–H groups in total. The number of hydrogen-bond acceptors (Lipinski definition) is 5. The zero-order valence-corrected chi connectivity index (χ0v) is 21.8. The summed E-state index contributed by atoms with van der Waals surface area (Å²) in [6, 6.07) is 17.1. The fourth-order valence-electron chi connectivity index (χ4n) is 3.83. The molecule has 190 valence electrons. The molecule has 36 heavy (non-hydrogen) atoms. The molecule has 6 nitrogen and oxygen atoms in total. The number of aromatic nitrogens is 1. The minimum atomic E-state index is -4.15. The Bertz CT molecular complexity index is 1500. The third-order valence-corrected chi connectivity index (χ3v) is 8.95. The van der Waals surface area contributed by atoms with Gasteiger partial charge in [0.15, 0.2) is 11.6 Å². The smallest absolute Gasteiger partial charge is 0.268 e. The molecule has 0 bridgehead atoms. The number of para-hydroxylation sites is 1. The van der Waals surface area contributed by atoms with Crippen LogP contribution in [0.1, 0.15) is 38.1 Å². The van der Waals surface area contributed by atoms with E-state index in [0.717, 1.165) is 16.1 Å². The molecule has 0 aliphatic heterocycles. The van der Waals surface area contributed by atoms with Crippen molar-refractivity contribution in [2.75, 3.05) is 7.11 Å². The lowest BCUT2D eigenvalue weighted by Gasteiger charge is -2.29. The number of nitrogens with one attached hydrogen (secondary N) is 1. The van der Waals surface area contributed by atoms with Gasteiger partial charge in [-0.1, -0.05) is 36.4 Å². The number of rotatable bonds is 7. The van der Waals surface area contributed by atoms with Gasteiger partial charge in [0, 0.05) is 28.4 Å². The lowest BCUT2D eigenvalue weighted by Crippen LogP contribution is -2.42. The van der Waals surface area contributed by atoms with E-state index in [1.807, 2.05) is 0 Å². The summed E-state index contributed by atoms with van der Waals surface area (Å²) in [6.45, 7) is 5.23. The summed E-state index contributed by atoms with van der Waals surface area (Å²) in [5.41, 5.74) is 0.648. The van der Waals surface area contributed by atoms with Crippen LogP contribution in [0.25, 0.3) is 10.9 Å². The summed E-state index contributed by atoms with van der Waals surface area (Å²) in [5, 5.41) is 0.599. The van der Waals surface area contributed by atoms with Gasteiger partial charge in [0.1, 0.15) is 16.5 Å². The molecule has 0 aliphatic rings. The molecular weight excluding hydrogens is 506 g/mol. The highest BCUT2D eigenvalue weighted by atomic mass is 32.2. The Balaban J connectivity index is 2.06. The van der Waals surface area contributed by atoms with Crippen LogP contribution in [0.4, 0.5) is 8.78 Å². The quantitative estimate of drug-likeness (QED) is 0.326. The molecule has 0 spiro atoms. The van der Waals surface area contributed by atoms with Crippen LogP contribution >= 0.6 is 0 Å². The Morgan fingerprint density at radius 3 is 2.22 bits per heavy atom. The molecule has 2 atom stereocenters. The number of fused-ring (bicyclic) bond motifs is 1. The van der Waals surface area contributed by atoms with Gasteiger partial charge in [-0.3, -0.25) is 0 Å². The summed E-state index contributed by atoms with van der Waals surface area (Å²) in [5.74, 6) is -2.29. The maximum Gasteiger partial charge on any atom is 0.268 e. The second-order valence-corrected chi connectivity index (χ2v) is 12.9. The number of ether oxygens (including phenoxy) is 1. The number of nitrogens with zero attached hydrogens (tertiary/aromatic N) is 1. The fraction of sp³-hybridized carbons (Fsp3) is 0.231. The van der Waals surface area contributed by atoms with Crippen LogP contribution in [-0.2, 0) is 21.4 Å². The summed E-state index contributed by atoms with van der Waals surface area (Å²) in [4.78, 5) is 0.0422. The third-order valence-electron chi connectivity index (χ3n) is 5.64. The Morgan fingerprint density at radius 1 is 0.972 bits per heavy atom. The first-order valence-electron chi connectivity index (χ1n) is 11.1. The summed E-state index contributed by atoms with van der Waals surface area (Å²) >= 11 is -1.72. The van der Waals surface area contributed by atoms with E-state index < -0.39 is 43.8 Å². The molecule has 0 radical (unpaired) electrons. The normalized spacial score (nSPS) is 14.1. The van der Waals surface area contributed by atoms with Gasteiger partial charge in [-0.05, 0) is 51.1 Å². The van der Waals surface area contributed by atoms with E-state index in [-0.39, 0.29) is 21.9 Å². The highest BCUT2D eigenvalue weighted by Gasteiger charge is 2.36. The van der Waals surface area contributed by atoms with Gasteiger partial charge in [-0.25, -0.2) is 21.2 Å². The van der Waals surface area contributed by atoms with Crippen molar-refractivity contribution in [2.45, 2.75) is 36.5 Å². The monoisotopic (exact) mass is 532 g/mol. The third kappa shape index (κ3) is 4.86. The fourth-order valence-corrected chi connectivity index (χ4v) is 6.22. The van der Waals surface area contributed by atoms with Crippen molar-refractivity contribution in [3.63, 3.8) is 0 Å². The van der Waals surface area contributed by atoms with Crippen LogP contribution in [0.15, 0.2) is 77.7 Å². The van der Waals surface area contributed by atoms with Gasteiger partial charge in [-0.15, -0.1) is 4.72 Å². The summed E-state index contributed by atoms with van der Waals surface area (Å²) < 4.78 is 78.3. The topological polar surface area (TPSA) is 83.4 Å². The van der Waals surface area contributed by atoms with Crippen molar-refractivity contribution in [1.82, 2.24) is 8.69 Å². The van der Waals surface area contributed by atoms with Gasteiger partial charge in [0.05, 0.1) is 23.2 Å². The Hall–Kier alpha value is -2.92. The first kappa shape index (κ1) is 26.2. The lowest BCUT2D eigenvalue weighted by atomic mass is 10.0. The van der Waals surface area contributed by atoms with Gasteiger partial charge in [0.25, 0.3) is 10.0 Å². The summed E-state index contributed by atoms with van der Waals surface area (Å²) in [6.07, 6.45) is 0. The molecule has 1 heterocycles. The van der Waals surface area contributed by atoms with Gasteiger partial charge in [0.2, 0.25) is 0 Å². The van der Waals surface area contributed by atoms with E-state index in [0.29, 0.717) is 10.9 Å². The molecule has 3 aromatic carbocycles. The second-order valence-electron chi connectivity index (χ2n) is 9.15. The van der Waals surface area contributed by atoms with E-state index in [2.05, 4.69) is 4.72 Å². The van der Waals surface area contributed by atoms with E-state index in [4.69, 9.17) is 4.74 Å². The molecule has 0 amide bonds. The van der Waals surface area contributed by atoms with E-state index >= 15 is 0 Å². The average molecular weight is 533 g/mol. The average Bonchev–Trinajstić information content (AvgIpc) is 3.24. The van der Waals surface area contributed by atoms with Crippen LogP contribution in [-0.4, -0.2) is 28.8 Å². The second kappa shape index (κ2) is 9.85. The van der Waals surface area contributed by atoms with Crippen molar-refractivity contribution < 1.29 is 26.5 Å². The molecule has 0 fully saturated rings. The SMILES string of the molecule is COc1cc(F)c(F)cc1[C@@H](N[S+]([O-])C(C)(C)C)c1cc2ccccc2n1S(=O)(=O)c1ccccc1. The van der Waals surface area contributed by atoms with Crippen molar-refractivity contribution in [1.29, 1.82) is 0 Å². The molecule has 0 saturated carbocycles. The largest absolute Gasteiger partial charge is 0.598 e. The molecule has 0 aliphatic carbocycles. The maximum absolute atomic E-state index is 14.5. The zero-order valence-electron chi connectivity index (χ0n) is 20.2. The van der Waals surface area contributed by atoms with Crippen molar-refractivity contribution in [3.8, 4) is 5.75 Å². The Labute approximate surface area is 212 Å². The van der Waals surface area contributed by atoms with Crippen molar-refractivity contribution >= 4 is 32.3 Å². The van der Waals surface area contributed by atoms with Gasteiger partial charge in [-0.2, -0.15) is 0 Å². The molecular formula is C26H26F2N2O4S2. The first-order valence-corrected chi connectivity index (χ1v) is 13.7. The van der Waals surface area contributed by atoms with Gasteiger partial charge >= 0.3 is 0 Å². The van der Waals surface area contributed by atoms with E-state index in [1.54, 1.807) is 69.3 Å². The van der Waals surface area contributed by atoms with Crippen LogP contribution in [0.3, 0.4) is 0 Å². The molecule has 1 unspecified atom stereocenters. The molecule has 0 saturated heterocycles. The Kier molecular flexibility index (Phi) is 7.16. The highest BCUT2D eigenvalue weighted by molar-refractivity contribution is 7.91. The zero-order chi connectivity index (χ0) is 26.3. The van der Waals surface area contributed by atoms with Crippen LogP contribution < -0.4 is 9.46 Å². The summed E-state index contributed by atoms with van der Waals surface area (Å²) in [7, 11) is -2.85. The van der Waals surface area contributed by atoms with Crippen LogP contribution in [0.2, 0.25) is 0 Å². The number of benzene rings is 3. The van der Waals surface area contributed by atoms with Crippen LogP contribution in [0.5, 0.6) is 5.75 Å². The predicted octanol–water partition coefficient (Wildman–Crippen LogP) is 5.31. The number of methoxy groups -OCH3 is 1. The lowest BCUT2D eigenvalue weighted by molar-refractivity contribution is 0.396. The maximum atomic E-state index is 14.5. The number of hydrogen-bond donors (Lipinski definition) is 1. The molecule has 4 aromatic rings. The minimum Gasteiger partial charge on any atom is -0.598 e.